The normalized spacial score (nSPS) is 14.0. The molecule has 0 saturated heterocycles. The van der Waals surface area contributed by atoms with Crippen LogP contribution in [0.5, 0.6) is 0 Å². The molecule has 1 fully saturated rings. The van der Waals surface area contributed by atoms with Crippen LogP contribution in [0.15, 0.2) is 42.9 Å². The van der Waals surface area contributed by atoms with Crippen molar-refractivity contribution in [1.29, 1.82) is 0 Å². The molecule has 0 unspecified atom stereocenters. The lowest BCUT2D eigenvalue weighted by atomic mass is 9.95. The lowest BCUT2D eigenvalue weighted by molar-refractivity contribution is -0.137. The third-order valence-electron chi connectivity index (χ3n) is 8.40. The first kappa shape index (κ1) is 37.8. The number of sulfonamides is 1. The van der Waals surface area contributed by atoms with E-state index in [0.29, 0.717) is 30.0 Å². The summed E-state index contributed by atoms with van der Waals surface area (Å²) in [5.41, 5.74) is -0.111. The minimum Gasteiger partial charge on any atom is -0.364 e. The Morgan fingerprint density at radius 1 is 0.918 bits per heavy atom. The van der Waals surface area contributed by atoms with E-state index >= 15 is 0 Å². The molecule has 4 N–H and O–H groups in total. The van der Waals surface area contributed by atoms with Gasteiger partial charge < -0.3 is 21.3 Å². The number of carbonyl (C=O) groups excluding carboxylic acids is 1. The number of unbranched alkanes of at least 4 members (excludes halogenated alkanes) is 5. The molecule has 1 aliphatic carbocycles. The number of hydrogen-bond donors (Lipinski definition) is 4. The lowest BCUT2D eigenvalue weighted by Gasteiger charge is -2.22. The highest BCUT2D eigenvalue weighted by Gasteiger charge is 2.35. The van der Waals surface area contributed by atoms with E-state index in [2.05, 4.69) is 41.2 Å². The molecular weight excluding hydrogens is 659 g/mol. The third kappa shape index (κ3) is 12.1. The number of anilines is 4. The summed E-state index contributed by atoms with van der Waals surface area (Å²) in [6.07, 6.45) is 12.9. The van der Waals surface area contributed by atoms with Gasteiger partial charge in [0.15, 0.2) is 5.82 Å². The molecule has 1 saturated carbocycles. The summed E-state index contributed by atoms with van der Waals surface area (Å²) in [4.78, 5) is 28.6. The molecule has 16 heteroatoms. The number of hydrogen-bond acceptors (Lipinski definition) is 10. The summed E-state index contributed by atoms with van der Waals surface area (Å²) in [7, 11) is -2.43. The Labute approximate surface area is 286 Å². The van der Waals surface area contributed by atoms with E-state index in [9.17, 15) is 26.4 Å². The van der Waals surface area contributed by atoms with Crippen molar-refractivity contribution in [2.24, 2.45) is 0 Å². The van der Waals surface area contributed by atoms with Crippen molar-refractivity contribution in [3.63, 3.8) is 0 Å². The van der Waals surface area contributed by atoms with E-state index in [-0.39, 0.29) is 29.9 Å². The van der Waals surface area contributed by atoms with Crippen molar-refractivity contribution in [3.8, 4) is 0 Å². The van der Waals surface area contributed by atoms with Gasteiger partial charge in [-0.2, -0.15) is 18.2 Å². The van der Waals surface area contributed by atoms with E-state index < -0.39 is 27.6 Å². The van der Waals surface area contributed by atoms with E-state index in [1.54, 1.807) is 24.3 Å². The zero-order valence-corrected chi connectivity index (χ0v) is 28.8. The van der Waals surface area contributed by atoms with Gasteiger partial charge in [-0.3, -0.25) is 14.1 Å². The van der Waals surface area contributed by atoms with E-state index in [1.807, 2.05) is 0 Å². The highest BCUT2D eigenvalue weighted by Crippen LogP contribution is 2.34. The summed E-state index contributed by atoms with van der Waals surface area (Å²) in [5.74, 6) is -0.902. The maximum Gasteiger partial charge on any atom is 0.421 e. The topological polar surface area (TPSA) is 154 Å². The van der Waals surface area contributed by atoms with E-state index in [4.69, 9.17) is 0 Å². The molecule has 268 valence electrons. The predicted molar refractivity (Wildman–Crippen MR) is 184 cm³/mol. The van der Waals surface area contributed by atoms with Crippen molar-refractivity contribution in [2.45, 2.75) is 89.4 Å². The Morgan fingerprint density at radius 2 is 1.57 bits per heavy atom. The first-order chi connectivity index (χ1) is 23.4. The maximum absolute atomic E-state index is 13.8. The number of nitrogens with zero attached hydrogens (tertiary/aromatic N) is 5. The van der Waals surface area contributed by atoms with Gasteiger partial charge in [0, 0.05) is 49.5 Å². The smallest absolute Gasteiger partial charge is 0.364 e. The molecule has 0 aliphatic heterocycles. The van der Waals surface area contributed by atoms with Crippen LogP contribution in [0.3, 0.4) is 0 Å². The number of aromatic nitrogens is 4. The first-order valence-corrected chi connectivity index (χ1v) is 18.6. The molecule has 1 aliphatic rings. The molecular formula is C33H46F3N9O3S. The summed E-state index contributed by atoms with van der Waals surface area (Å²) in [6, 6.07) is 7.15. The van der Waals surface area contributed by atoms with Gasteiger partial charge in [-0.25, -0.2) is 18.4 Å². The highest BCUT2D eigenvalue weighted by molar-refractivity contribution is 7.92. The molecule has 1 amide bonds. The van der Waals surface area contributed by atoms with Crippen LogP contribution in [-0.4, -0.2) is 66.7 Å². The second-order valence-corrected chi connectivity index (χ2v) is 14.2. The predicted octanol–water partition coefficient (Wildman–Crippen LogP) is 6.03. The molecule has 1 aromatic carbocycles. The summed E-state index contributed by atoms with van der Waals surface area (Å²) in [6.45, 7) is 1.38. The second-order valence-electron chi connectivity index (χ2n) is 12.2. The third-order valence-corrected chi connectivity index (χ3v) is 9.56. The molecule has 0 spiro atoms. The molecule has 2 heterocycles. The molecule has 0 radical (unpaired) electrons. The zero-order valence-electron chi connectivity index (χ0n) is 28.0. The quantitative estimate of drug-likeness (QED) is 0.115. The zero-order chi connectivity index (χ0) is 35.3. The SMILES string of the molecule is CN(c1nccnc1CNc1nc(Nc2ccc(C(=O)NCCCCCCCCNC3CCCCC3)cc2)ncc1C(F)(F)F)S(C)(=O)=O. The van der Waals surface area contributed by atoms with Crippen LogP contribution in [0.2, 0.25) is 0 Å². The molecule has 4 rings (SSSR count). The molecule has 0 atom stereocenters. The van der Waals surface area contributed by atoms with Crippen LogP contribution in [0.4, 0.5) is 36.4 Å². The van der Waals surface area contributed by atoms with Gasteiger partial charge >= 0.3 is 6.18 Å². The van der Waals surface area contributed by atoms with Crippen LogP contribution >= 0.6 is 0 Å². The number of alkyl halides is 3. The standard InChI is InChI=1S/C33H46F3N9O3S/c1-45(49(2,47)48)30-28(38-20-21-39-30)23-41-29-27(33(34,35)36)22-42-32(44-29)43-26-16-14-24(15-17-26)31(46)40-19-11-6-4-3-5-10-18-37-25-12-8-7-9-13-25/h14-17,20-22,25,37H,3-13,18-19,23H2,1-2H3,(H,40,46)(H2,41,42,43,44). The Hall–Kier alpha value is -4.05. The van der Waals surface area contributed by atoms with Gasteiger partial charge in [0.25, 0.3) is 5.91 Å². The van der Waals surface area contributed by atoms with Gasteiger partial charge in [0.1, 0.15) is 17.1 Å². The summed E-state index contributed by atoms with van der Waals surface area (Å²) < 4.78 is 66.2. The van der Waals surface area contributed by atoms with Crippen LogP contribution in [0.1, 0.15) is 92.2 Å². The minimum absolute atomic E-state index is 0.0361. The molecule has 0 bridgehead atoms. The Balaban J connectivity index is 1.23. The van der Waals surface area contributed by atoms with Crippen molar-refractivity contribution in [1.82, 2.24) is 30.6 Å². The largest absolute Gasteiger partial charge is 0.421 e. The van der Waals surface area contributed by atoms with Crippen molar-refractivity contribution >= 4 is 39.2 Å². The fourth-order valence-electron chi connectivity index (χ4n) is 5.56. The van der Waals surface area contributed by atoms with Gasteiger partial charge in [-0.05, 0) is 56.5 Å². The summed E-state index contributed by atoms with van der Waals surface area (Å²) >= 11 is 0. The number of nitrogens with one attached hydrogen (secondary N) is 4. The van der Waals surface area contributed by atoms with Gasteiger partial charge in [0.05, 0.1) is 12.8 Å². The van der Waals surface area contributed by atoms with Crippen LogP contribution in [-0.2, 0) is 22.7 Å². The average Bonchev–Trinajstić information content (AvgIpc) is 3.08. The minimum atomic E-state index is -4.77. The maximum atomic E-state index is 13.8. The number of amides is 1. The number of benzene rings is 1. The molecule has 12 nitrogen and oxygen atoms in total. The molecule has 3 aromatic rings. The van der Waals surface area contributed by atoms with E-state index in [1.165, 1.54) is 70.8 Å². The highest BCUT2D eigenvalue weighted by atomic mass is 32.2. The van der Waals surface area contributed by atoms with E-state index in [0.717, 1.165) is 36.4 Å². The average molecular weight is 706 g/mol. The number of rotatable bonds is 18. The van der Waals surface area contributed by atoms with Crippen molar-refractivity contribution < 1.29 is 26.4 Å². The fourth-order valence-corrected chi connectivity index (χ4v) is 6.03. The van der Waals surface area contributed by atoms with Crippen LogP contribution in [0, 0.1) is 0 Å². The lowest BCUT2D eigenvalue weighted by Crippen LogP contribution is -2.31. The van der Waals surface area contributed by atoms with Gasteiger partial charge in [-0.1, -0.05) is 44.9 Å². The first-order valence-electron chi connectivity index (χ1n) is 16.7. The summed E-state index contributed by atoms with van der Waals surface area (Å²) in [5, 5.41) is 12.1. The van der Waals surface area contributed by atoms with Crippen molar-refractivity contribution in [3.05, 3.63) is 59.7 Å². The molecule has 2 aromatic heterocycles. The van der Waals surface area contributed by atoms with Crippen LogP contribution in [0.25, 0.3) is 0 Å². The number of halogens is 3. The Morgan fingerprint density at radius 3 is 2.24 bits per heavy atom. The fraction of sp³-hybridized carbons (Fsp3) is 0.545. The number of carbonyl (C=O) groups is 1. The second kappa shape index (κ2) is 18.1. The van der Waals surface area contributed by atoms with Gasteiger partial charge in [-0.15, -0.1) is 0 Å². The molecule has 49 heavy (non-hydrogen) atoms. The Bertz CT molecular complexity index is 1600. The van der Waals surface area contributed by atoms with Gasteiger partial charge in [0.2, 0.25) is 16.0 Å². The monoisotopic (exact) mass is 705 g/mol. The van der Waals surface area contributed by atoms with Crippen molar-refractivity contribution in [2.75, 3.05) is 41.3 Å². The van der Waals surface area contributed by atoms with Crippen LogP contribution < -0.4 is 25.6 Å². The Kier molecular flexibility index (Phi) is 13.9.